The quantitative estimate of drug-likeness (QED) is 0.742. The first-order valence-corrected chi connectivity index (χ1v) is 7.04. The third-order valence-electron chi connectivity index (χ3n) is 3.00. The van der Waals surface area contributed by atoms with Crippen LogP contribution in [0.15, 0.2) is 29.9 Å². The van der Waals surface area contributed by atoms with Gasteiger partial charge in [-0.2, -0.15) is 0 Å². The van der Waals surface area contributed by atoms with Crippen molar-refractivity contribution < 1.29 is 4.39 Å². The Kier molecular flexibility index (Phi) is 3.31. The monoisotopic (exact) mass is 288 g/mol. The van der Waals surface area contributed by atoms with Gasteiger partial charge in [-0.15, -0.1) is 11.3 Å². The van der Waals surface area contributed by atoms with Gasteiger partial charge in [0.2, 0.25) is 0 Å². The second-order valence-corrected chi connectivity index (χ2v) is 5.63. The predicted octanol–water partition coefficient (Wildman–Crippen LogP) is 3.17. The lowest BCUT2D eigenvalue weighted by atomic mass is 10.2. The van der Waals surface area contributed by atoms with Crippen LogP contribution in [0.5, 0.6) is 0 Å². The maximum atomic E-state index is 13.4. The average molecular weight is 288 g/mol. The number of nitrogens with zero attached hydrogens (tertiary/aromatic N) is 4. The van der Waals surface area contributed by atoms with E-state index >= 15 is 0 Å². The predicted molar refractivity (Wildman–Crippen MR) is 78.5 cm³/mol. The minimum absolute atomic E-state index is 0.286. The van der Waals surface area contributed by atoms with Crippen molar-refractivity contribution in [3.63, 3.8) is 0 Å². The molecule has 2 heterocycles. The maximum absolute atomic E-state index is 13.4. The second kappa shape index (κ2) is 5.13. The molecular formula is C14H13FN4S. The van der Waals surface area contributed by atoms with Crippen LogP contribution in [-0.4, -0.2) is 22.0 Å². The highest BCUT2D eigenvalue weighted by Crippen LogP contribution is 2.24. The lowest BCUT2D eigenvalue weighted by molar-refractivity contribution is 0.629. The van der Waals surface area contributed by atoms with Gasteiger partial charge in [0.25, 0.3) is 0 Å². The number of halogens is 1. The Labute approximate surface area is 119 Å². The Morgan fingerprint density at radius 3 is 2.90 bits per heavy atom. The fourth-order valence-electron chi connectivity index (χ4n) is 2.12. The third kappa shape index (κ3) is 2.46. The highest BCUT2D eigenvalue weighted by atomic mass is 32.1. The summed E-state index contributed by atoms with van der Waals surface area (Å²) in [7, 11) is 1.92. The van der Waals surface area contributed by atoms with E-state index in [0.717, 1.165) is 16.2 Å². The van der Waals surface area contributed by atoms with Crippen molar-refractivity contribution in [2.45, 2.75) is 13.5 Å². The summed E-state index contributed by atoms with van der Waals surface area (Å²) in [6.07, 6.45) is 1.50. The van der Waals surface area contributed by atoms with Gasteiger partial charge in [0, 0.05) is 17.8 Å². The Morgan fingerprint density at radius 1 is 1.30 bits per heavy atom. The molecule has 3 aromatic rings. The normalized spacial score (nSPS) is 10.9. The number of fused-ring (bicyclic) bond motifs is 1. The molecule has 2 aromatic heterocycles. The lowest BCUT2D eigenvalue weighted by Gasteiger charge is -2.18. The molecule has 4 nitrogen and oxygen atoms in total. The zero-order valence-corrected chi connectivity index (χ0v) is 12.0. The zero-order valence-electron chi connectivity index (χ0n) is 11.2. The molecule has 0 amide bonds. The van der Waals surface area contributed by atoms with Crippen LogP contribution in [0.2, 0.25) is 0 Å². The van der Waals surface area contributed by atoms with Crippen LogP contribution in [-0.2, 0) is 6.54 Å². The number of aryl methyl sites for hydroxylation is 1. The molecule has 0 aliphatic rings. The first-order valence-electron chi connectivity index (χ1n) is 6.16. The van der Waals surface area contributed by atoms with E-state index in [1.807, 2.05) is 24.3 Å². The minimum Gasteiger partial charge on any atom is -0.353 e. The number of hydrogen-bond acceptors (Lipinski definition) is 5. The SMILES string of the molecule is Cc1nc(CN(C)c2ncnc3ccc(F)cc23)cs1. The van der Waals surface area contributed by atoms with Crippen molar-refractivity contribution in [2.75, 3.05) is 11.9 Å². The van der Waals surface area contributed by atoms with Gasteiger partial charge in [-0.05, 0) is 25.1 Å². The molecule has 6 heteroatoms. The number of thiazole rings is 1. The van der Waals surface area contributed by atoms with E-state index in [2.05, 4.69) is 15.0 Å². The van der Waals surface area contributed by atoms with Crippen molar-refractivity contribution in [3.8, 4) is 0 Å². The van der Waals surface area contributed by atoms with Crippen LogP contribution in [0.4, 0.5) is 10.2 Å². The largest absolute Gasteiger partial charge is 0.353 e. The smallest absolute Gasteiger partial charge is 0.140 e. The summed E-state index contributed by atoms with van der Waals surface area (Å²) >= 11 is 1.62. The van der Waals surface area contributed by atoms with Gasteiger partial charge in [0.15, 0.2) is 0 Å². The number of rotatable bonds is 3. The summed E-state index contributed by atoms with van der Waals surface area (Å²) in [6, 6.07) is 4.53. The number of benzene rings is 1. The molecule has 0 radical (unpaired) electrons. The van der Waals surface area contributed by atoms with Crippen LogP contribution in [0.3, 0.4) is 0 Å². The first-order chi connectivity index (χ1) is 9.63. The molecule has 0 N–H and O–H groups in total. The standard InChI is InChI=1S/C14H13FN4S/c1-9-18-11(7-20-9)6-19(2)14-12-5-10(15)3-4-13(12)16-8-17-14/h3-5,7-8H,6H2,1-2H3. The summed E-state index contributed by atoms with van der Waals surface area (Å²) in [4.78, 5) is 14.8. The topological polar surface area (TPSA) is 41.9 Å². The molecule has 1 aromatic carbocycles. The number of hydrogen-bond donors (Lipinski definition) is 0. The highest BCUT2D eigenvalue weighted by molar-refractivity contribution is 7.09. The second-order valence-electron chi connectivity index (χ2n) is 4.57. The molecule has 0 saturated heterocycles. The van der Waals surface area contributed by atoms with Crippen molar-refractivity contribution in [1.29, 1.82) is 0 Å². The zero-order chi connectivity index (χ0) is 14.1. The van der Waals surface area contributed by atoms with Crippen LogP contribution >= 0.6 is 11.3 Å². The number of aromatic nitrogens is 3. The molecule has 0 aliphatic carbocycles. The molecule has 0 saturated carbocycles. The van der Waals surface area contributed by atoms with E-state index < -0.39 is 0 Å². The molecule has 0 atom stereocenters. The van der Waals surface area contributed by atoms with Crippen molar-refractivity contribution in [3.05, 3.63) is 46.4 Å². The Morgan fingerprint density at radius 2 is 2.15 bits per heavy atom. The highest BCUT2D eigenvalue weighted by Gasteiger charge is 2.11. The van der Waals surface area contributed by atoms with E-state index in [4.69, 9.17) is 0 Å². The van der Waals surface area contributed by atoms with Gasteiger partial charge in [0.1, 0.15) is 18.0 Å². The Bertz CT molecular complexity index is 756. The Balaban J connectivity index is 1.98. The van der Waals surface area contributed by atoms with Crippen LogP contribution in [0, 0.1) is 12.7 Å². The molecule has 0 aliphatic heterocycles. The number of anilines is 1. The van der Waals surface area contributed by atoms with E-state index in [0.29, 0.717) is 17.7 Å². The van der Waals surface area contributed by atoms with E-state index in [9.17, 15) is 4.39 Å². The van der Waals surface area contributed by atoms with E-state index in [-0.39, 0.29) is 5.82 Å². The lowest BCUT2D eigenvalue weighted by Crippen LogP contribution is -2.18. The van der Waals surface area contributed by atoms with Gasteiger partial charge < -0.3 is 4.90 Å². The van der Waals surface area contributed by atoms with Crippen molar-refractivity contribution in [1.82, 2.24) is 15.0 Å². The molecular weight excluding hydrogens is 275 g/mol. The fraction of sp³-hybridized carbons (Fsp3) is 0.214. The molecule has 20 heavy (non-hydrogen) atoms. The summed E-state index contributed by atoms with van der Waals surface area (Å²) in [5.74, 6) is 0.423. The van der Waals surface area contributed by atoms with Crippen LogP contribution in [0.25, 0.3) is 10.9 Å². The van der Waals surface area contributed by atoms with Crippen molar-refractivity contribution >= 4 is 28.1 Å². The third-order valence-corrected chi connectivity index (χ3v) is 3.83. The van der Waals surface area contributed by atoms with Crippen LogP contribution < -0.4 is 4.90 Å². The van der Waals surface area contributed by atoms with E-state index in [1.54, 1.807) is 17.4 Å². The van der Waals surface area contributed by atoms with Gasteiger partial charge in [-0.1, -0.05) is 0 Å². The van der Waals surface area contributed by atoms with Gasteiger partial charge in [-0.25, -0.2) is 19.3 Å². The van der Waals surface area contributed by atoms with Gasteiger partial charge >= 0.3 is 0 Å². The van der Waals surface area contributed by atoms with Crippen molar-refractivity contribution in [2.24, 2.45) is 0 Å². The summed E-state index contributed by atoms with van der Waals surface area (Å²) in [5, 5.41) is 3.77. The minimum atomic E-state index is -0.286. The summed E-state index contributed by atoms with van der Waals surface area (Å²) < 4.78 is 13.4. The molecule has 0 fully saturated rings. The molecule has 0 bridgehead atoms. The fourth-order valence-corrected chi connectivity index (χ4v) is 2.72. The summed E-state index contributed by atoms with van der Waals surface area (Å²) in [5.41, 5.74) is 1.72. The average Bonchev–Trinajstić information content (AvgIpc) is 2.83. The van der Waals surface area contributed by atoms with Gasteiger partial charge in [-0.3, -0.25) is 0 Å². The molecule has 0 spiro atoms. The molecule has 102 valence electrons. The molecule has 3 rings (SSSR count). The summed E-state index contributed by atoms with van der Waals surface area (Å²) in [6.45, 7) is 2.61. The van der Waals surface area contributed by atoms with E-state index in [1.165, 1.54) is 18.5 Å². The maximum Gasteiger partial charge on any atom is 0.140 e. The first kappa shape index (κ1) is 12.9. The Hall–Kier alpha value is -2.08. The van der Waals surface area contributed by atoms with Gasteiger partial charge in [0.05, 0.1) is 22.8 Å². The molecule has 0 unspecified atom stereocenters. The van der Waals surface area contributed by atoms with Crippen LogP contribution in [0.1, 0.15) is 10.7 Å².